The van der Waals surface area contributed by atoms with Crippen molar-refractivity contribution in [1.82, 2.24) is 14.7 Å². The van der Waals surface area contributed by atoms with Crippen molar-refractivity contribution in [2.75, 3.05) is 39.3 Å². The number of furan rings is 1. The summed E-state index contributed by atoms with van der Waals surface area (Å²) in [6, 6.07) is 13.9. The summed E-state index contributed by atoms with van der Waals surface area (Å²) in [4.78, 5) is 31.2. The first kappa shape index (κ1) is 19.5. The third-order valence-electron chi connectivity index (χ3n) is 5.65. The van der Waals surface area contributed by atoms with Crippen molar-refractivity contribution in [3.63, 3.8) is 0 Å². The Kier molecular flexibility index (Phi) is 6.10. The van der Waals surface area contributed by atoms with Gasteiger partial charge in [0.25, 0.3) is 0 Å². The first-order valence-corrected chi connectivity index (χ1v) is 10.2. The Morgan fingerprint density at radius 1 is 1.07 bits per heavy atom. The Balaban J connectivity index is 1.23. The largest absolute Gasteiger partial charge is 0.467 e. The standard InChI is InChI=1S/C23H27N3O3/c27-22-16-20(17-26(22)18-21-9-5-15-29-21)23(28)25-13-11-24(12-14-25)10-4-8-19-6-2-1-3-7-19/h1-9,15,20H,10-14,16-18H2/b8-4+. The van der Waals surface area contributed by atoms with Gasteiger partial charge in [0.1, 0.15) is 5.76 Å². The quantitative estimate of drug-likeness (QED) is 0.757. The van der Waals surface area contributed by atoms with E-state index in [1.54, 1.807) is 11.2 Å². The van der Waals surface area contributed by atoms with Crippen LogP contribution in [0.4, 0.5) is 0 Å². The molecule has 2 aromatic rings. The molecule has 0 spiro atoms. The minimum absolute atomic E-state index is 0.0319. The Hall–Kier alpha value is -2.86. The zero-order valence-corrected chi connectivity index (χ0v) is 16.6. The number of likely N-dealkylation sites (tertiary alicyclic amines) is 1. The van der Waals surface area contributed by atoms with Gasteiger partial charge < -0.3 is 14.2 Å². The smallest absolute Gasteiger partial charge is 0.228 e. The highest BCUT2D eigenvalue weighted by atomic mass is 16.3. The van der Waals surface area contributed by atoms with E-state index in [9.17, 15) is 9.59 Å². The lowest BCUT2D eigenvalue weighted by molar-refractivity contribution is -0.137. The van der Waals surface area contributed by atoms with Gasteiger partial charge in [0.2, 0.25) is 11.8 Å². The van der Waals surface area contributed by atoms with E-state index in [-0.39, 0.29) is 17.7 Å². The van der Waals surface area contributed by atoms with Gasteiger partial charge in [0.05, 0.1) is 18.7 Å². The molecule has 0 radical (unpaired) electrons. The molecule has 0 aliphatic carbocycles. The van der Waals surface area contributed by atoms with E-state index >= 15 is 0 Å². The molecule has 0 saturated carbocycles. The van der Waals surface area contributed by atoms with Crippen LogP contribution in [0, 0.1) is 5.92 Å². The average molecular weight is 393 g/mol. The molecule has 152 valence electrons. The highest BCUT2D eigenvalue weighted by Gasteiger charge is 2.37. The Labute approximate surface area is 171 Å². The molecular weight excluding hydrogens is 366 g/mol. The maximum Gasteiger partial charge on any atom is 0.228 e. The molecule has 2 amide bonds. The number of rotatable bonds is 6. The highest BCUT2D eigenvalue weighted by molar-refractivity contribution is 5.89. The topological polar surface area (TPSA) is 57.0 Å². The summed E-state index contributed by atoms with van der Waals surface area (Å²) in [6.07, 6.45) is 6.22. The third kappa shape index (κ3) is 4.95. The van der Waals surface area contributed by atoms with Crippen molar-refractivity contribution in [3.8, 4) is 0 Å². The van der Waals surface area contributed by atoms with Gasteiger partial charge in [-0.3, -0.25) is 14.5 Å². The zero-order valence-electron chi connectivity index (χ0n) is 16.6. The van der Waals surface area contributed by atoms with Crippen LogP contribution in [0.25, 0.3) is 6.08 Å². The lowest BCUT2D eigenvalue weighted by Crippen LogP contribution is -2.50. The van der Waals surface area contributed by atoms with E-state index in [2.05, 4.69) is 29.2 Å². The second-order valence-electron chi connectivity index (χ2n) is 7.69. The highest BCUT2D eigenvalue weighted by Crippen LogP contribution is 2.23. The second-order valence-corrected chi connectivity index (χ2v) is 7.69. The van der Waals surface area contributed by atoms with E-state index in [4.69, 9.17) is 4.42 Å². The van der Waals surface area contributed by atoms with Crippen LogP contribution in [-0.2, 0) is 16.1 Å². The van der Waals surface area contributed by atoms with Crippen LogP contribution in [0.1, 0.15) is 17.7 Å². The molecule has 6 nitrogen and oxygen atoms in total. The number of amides is 2. The monoisotopic (exact) mass is 393 g/mol. The van der Waals surface area contributed by atoms with Gasteiger partial charge in [0, 0.05) is 45.7 Å². The van der Waals surface area contributed by atoms with Crippen LogP contribution in [0.15, 0.2) is 59.2 Å². The molecule has 6 heteroatoms. The summed E-state index contributed by atoms with van der Waals surface area (Å²) in [7, 11) is 0. The van der Waals surface area contributed by atoms with Crippen molar-refractivity contribution < 1.29 is 14.0 Å². The second kappa shape index (κ2) is 9.09. The minimum atomic E-state index is -0.234. The van der Waals surface area contributed by atoms with Gasteiger partial charge >= 0.3 is 0 Å². The van der Waals surface area contributed by atoms with E-state index in [0.717, 1.165) is 38.5 Å². The lowest BCUT2D eigenvalue weighted by Gasteiger charge is -2.35. The Bertz CT molecular complexity index is 840. The van der Waals surface area contributed by atoms with Crippen LogP contribution >= 0.6 is 0 Å². The SMILES string of the molecule is O=C1CC(C(=O)N2CCN(C/C=C/c3ccccc3)CC2)CN1Cc1ccco1. The van der Waals surface area contributed by atoms with Crippen LogP contribution in [0.5, 0.6) is 0 Å². The number of nitrogens with zero attached hydrogens (tertiary/aromatic N) is 3. The van der Waals surface area contributed by atoms with E-state index in [1.165, 1.54) is 5.56 Å². The molecule has 2 fully saturated rings. The lowest BCUT2D eigenvalue weighted by atomic mass is 10.1. The Morgan fingerprint density at radius 3 is 2.59 bits per heavy atom. The van der Waals surface area contributed by atoms with Crippen molar-refractivity contribution in [3.05, 3.63) is 66.1 Å². The molecule has 1 atom stereocenters. The summed E-state index contributed by atoms with van der Waals surface area (Å²) < 4.78 is 5.33. The number of piperazine rings is 1. The van der Waals surface area contributed by atoms with Gasteiger partial charge in [-0.05, 0) is 17.7 Å². The summed E-state index contributed by atoms with van der Waals surface area (Å²) >= 11 is 0. The Morgan fingerprint density at radius 2 is 1.86 bits per heavy atom. The average Bonchev–Trinajstić information content (AvgIpc) is 3.39. The van der Waals surface area contributed by atoms with Crippen molar-refractivity contribution >= 4 is 17.9 Å². The molecule has 4 rings (SSSR count). The fraction of sp³-hybridized carbons (Fsp3) is 0.391. The predicted molar refractivity (Wildman–Crippen MR) is 111 cm³/mol. The minimum Gasteiger partial charge on any atom is -0.467 e. The molecular formula is C23H27N3O3. The van der Waals surface area contributed by atoms with Gasteiger partial charge in [0.15, 0.2) is 0 Å². The summed E-state index contributed by atoms with van der Waals surface area (Å²) in [5.41, 5.74) is 1.20. The van der Waals surface area contributed by atoms with Crippen molar-refractivity contribution in [2.24, 2.45) is 5.92 Å². The number of hydrogen-bond acceptors (Lipinski definition) is 4. The van der Waals surface area contributed by atoms with Gasteiger partial charge in [-0.15, -0.1) is 0 Å². The van der Waals surface area contributed by atoms with Crippen LogP contribution < -0.4 is 0 Å². The van der Waals surface area contributed by atoms with E-state index in [1.807, 2.05) is 35.2 Å². The van der Waals surface area contributed by atoms with Crippen LogP contribution in [-0.4, -0.2) is 65.8 Å². The fourth-order valence-electron chi connectivity index (χ4n) is 3.99. The van der Waals surface area contributed by atoms with E-state index in [0.29, 0.717) is 19.5 Å². The maximum atomic E-state index is 12.9. The van der Waals surface area contributed by atoms with E-state index < -0.39 is 0 Å². The number of hydrogen-bond donors (Lipinski definition) is 0. The number of benzene rings is 1. The number of carbonyl (C=O) groups is 2. The maximum absolute atomic E-state index is 12.9. The van der Waals surface area contributed by atoms with Gasteiger partial charge in [-0.25, -0.2) is 0 Å². The molecule has 1 aromatic carbocycles. The molecule has 1 aromatic heterocycles. The normalized spacial score (nSPS) is 20.7. The number of carbonyl (C=O) groups excluding carboxylic acids is 2. The van der Waals surface area contributed by atoms with Crippen LogP contribution in [0.3, 0.4) is 0 Å². The van der Waals surface area contributed by atoms with Gasteiger partial charge in [-0.2, -0.15) is 0 Å². The van der Waals surface area contributed by atoms with Gasteiger partial charge in [-0.1, -0.05) is 42.5 Å². The molecule has 2 aliphatic heterocycles. The molecule has 0 N–H and O–H groups in total. The predicted octanol–water partition coefficient (Wildman–Crippen LogP) is 2.49. The first-order chi connectivity index (χ1) is 14.2. The third-order valence-corrected chi connectivity index (χ3v) is 5.65. The van der Waals surface area contributed by atoms with Crippen LogP contribution in [0.2, 0.25) is 0 Å². The fourth-order valence-corrected chi connectivity index (χ4v) is 3.99. The zero-order chi connectivity index (χ0) is 20.1. The van der Waals surface area contributed by atoms with Crippen molar-refractivity contribution in [1.29, 1.82) is 0 Å². The molecule has 0 bridgehead atoms. The van der Waals surface area contributed by atoms with Crippen molar-refractivity contribution in [2.45, 2.75) is 13.0 Å². The summed E-state index contributed by atoms with van der Waals surface area (Å²) in [6.45, 7) is 4.98. The first-order valence-electron chi connectivity index (χ1n) is 10.2. The molecule has 2 aliphatic rings. The molecule has 1 unspecified atom stereocenters. The summed E-state index contributed by atoms with van der Waals surface area (Å²) in [5, 5.41) is 0. The molecule has 29 heavy (non-hydrogen) atoms. The molecule has 3 heterocycles. The summed E-state index contributed by atoms with van der Waals surface area (Å²) in [5.74, 6) is 0.662. The molecule has 2 saturated heterocycles.